The molecule has 0 saturated heterocycles. The van der Waals surface area contributed by atoms with Crippen LogP contribution in [0.2, 0.25) is 0 Å². The molecule has 0 bridgehead atoms. The van der Waals surface area contributed by atoms with Crippen LogP contribution in [0.1, 0.15) is 10.4 Å². The number of aromatic carboxylic acids is 1. The molecule has 150 valence electrons. The normalized spacial score (nSPS) is 11.8. The fraction of sp³-hybridized carbons (Fsp3) is 0.176. The first-order valence-electron chi connectivity index (χ1n) is 7.52. The largest absolute Gasteiger partial charge is 0.741 e. The number of carboxylic acids is 1. The number of benzene rings is 2. The zero-order valence-electron chi connectivity index (χ0n) is 14.5. The first-order chi connectivity index (χ1) is 12.9. The van der Waals surface area contributed by atoms with Gasteiger partial charge in [0.2, 0.25) is 11.0 Å². The number of hydrogen-bond acceptors (Lipinski definition) is 5. The summed E-state index contributed by atoms with van der Waals surface area (Å²) in [4.78, 5) is 11.7. The smallest absolute Gasteiger partial charge is 0.485 e. The topological polar surface area (TPSA) is 108 Å². The van der Waals surface area contributed by atoms with Crippen LogP contribution < -0.4 is 9.30 Å². The standard InChI is InChI=1S/C16H13NO3.CHF3O3S/c1-17-13-6-4-3-5-11(13)15(16(18)19)12-9-10(20-2)7-8-14(12)17;2-1(3,4)8(5,6)7/h3-9H,1-2H3;(H,5,6,7). The van der Waals surface area contributed by atoms with Gasteiger partial charge < -0.3 is 14.4 Å². The number of carbonyl (C=O) groups is 1. The van der Waals surface area contributed by atoms with Crippen LogP contribution >= 0.6 is 0 Å². The summed E-state index contributed by atoms with van der Waals surface area (Å²) in [6.07, 6.45) is 0. The van der Waals surface area contributed by atoms with Gasteiger partial charge >= 0.3 is 11.5 Å². The molecule has 0 aliphatic heterocycles. The molecular formula is C17H14F3NO6S. The van der Waals surface area contributed by atoms with Crippen molar-refractivity contribution in [2.75, 3.05) is 7.11 Å². The molecule has 2 aromatic carbocycles. The molecule has 0 unspecified atom stereocenters. The number of aromatic nitrogens is 1. The summed E-state index contributed by atoms with van der Waals surface area (Å²) in [5, 5.41) is 11.0. The van der Waals surface area contributed by atoms with Crippen molar-refractivity contribution < 1.29 is 45.3 Å². The second-order valence-electron chi connectivity index (χ2n) is 5.54. The Hall–Kier alpha value is -2.92. The number of nitrogens with zero attached hydrogens (tertiary/aromatic N) is 1. The second kappa shape index (κ2) is 7.60. The van der Waals surface area contributed by atoms with Gasteiger partial charge in [-0.2, -0.15) is 17.7 Å². The zero-order chi connectivity index (χ0) is 21.3. The van der Waals surface area contributed by atoms with Crippen molar-refractivity contribution in [3.05, 3.63) is 48.0 Å². The minimum absolute atomic E-state index is 0.313. The van der Waals surface area contributed by atoms with Gasteiger partial charge in [0.1, 0.15) is 12.8 Å². The average Bonchev–Trinajstić information content (AvgIpc) is 2.60. The van der Waals surface area contributed by atoms with Crippen molar-refractivity contribution in [2.45, 2.75) is 5.51 Å². The molecule has 0 aliphatic carbocycles. The molecule has 1 N–H and O–H groups in total. The highest BCUT2D eigenvalue weighted by Crippen LogP contribution is 2.27. The maximum absolute atomic E-state index is 11.7. The van der Waals surface area contributed by atoms with Crippen LogP contribution in [0.15, 0.2) is 42.5 Å². The Labute approximate surface area is 157 Å². The third-order valence-corrected chi connectivity index (χ3v) is 4.43. The molecule has 0 radical (unpaired) electrons. The molecule has 0 fully saturated rings. The van der Waals surface area contributed by atoms with Crippen LogP contribution in [-0.4, -0.2) is 36.7 Å². The Kier molecular flexibility index (Phi) is 5.80. The zero-order valence-corrected chi connectivity index (χ0v) is 15.3. The molecule has 1 heterocycles. The maximum Gasteiger partial charge on any atom is 0.485 e. The van der Waals surface area contributed by atoms with Gasteiger partial charge in [0.15, 0.2) is 10.1 Å². The van der Waals surface area contributed by atoms with Crippen molar-refractivity contribution in [1.29, 1.82) is 0 Å². The summed E-state index contributed by atoms with van der Waals surface area (Å²) in [5.41, 5.74) is -3.58. The van der Waals surface area contributed by atoms with Crippen molar-refractivity contribution in [1.82, 2.24) is 0 Å². The Morgan fingerprint density at radius 3 is 2.14 bits per heavy atom. The van der Waals surface area contributed by atoms with Crippen LogP contribution in [0.4, 0.5) is 13.2 Å². The maximum atomic E-state index is 11.7. The molecule has 0 saturated carbocycles. The molecule has 28 heavy (non-hydrogen) atoms. The lowest BCUT2D eigenvalue weighted by Crippen LogP contribution is -2.31. The SMILES string of the molecule is COc1ccc2c(c1)c(C(=O)O)c1ccccc1[n+]2C.O=S(=O)([O-])C(F)(F)F. The molecular weight excluding hydrogens is 403 g/mol. The van der Waals surface area contributed by atoms with Crippen LogP contribution in [-0.2, 0) is 17.2 Å². The number of halogens is 3. The summed E-state index contributed by atoms with van der Waals surface area (Å²) in [7, 11) is -2.58. The Balaban J connectivity index is 0.000000300. The van der Waals surface area contributed by atoms with Gasteiger partial charge in [-0.15, -0.1) is 0 Å². The number of alkyl halides is 3. The molecule has 3 aromatic rings. The predicted molar refractivity (Wildman–Crippen MR) is 91.9 cm³/mol. The molecule has 0 atom stereocenters. The van der Waals surface area contributed by atoms with E-state index in [-0.39, 0.29) is 0 Å². The van der Waals surface area contributed by atoms with Crippen LogP contribution in [0, 0.1) is 0 Å². The molecule has 0 aliphatic rings. The van der Waals surface area contributed by atoms with Crippen molar-refractivity contribution in [3.8, 4) is 5.75 Å². The van der Waals surface area contributed by atoms with Crippen molar-refractivity contribution >= 4 is 37.9 Å². The minimum atomic E-state index is -6.09. The predicted octanol–water partition coefficient (Wildman–Crippen LogP) is 2.58. The van der Waals surface area contributed by atoms with Gasteiger partial charge in [0.05, 0.1) is 23.4 Å². The van der Waals surface area contributed by atoms with E-state index in [1.165, 1.54) is 0 Å². The molecule has 3 rings (SSSR count). The highest BCUT2D eigenvalue weighted by molar-refractivity contribution is 7.86. The molecule has 7 nitrogen and oxygen atoms in total. The van der Waals surface area contributed by atoms with E-state index in [4.69, 9.17) is 17.7 Å². The van der Waals surface area contributed by atoms with E-state index < -0.39 is 21.6 Å². The number of aryl methyl sites for hydroxylation is 1. The Morgan fingerprint density at radius 1 is 1.11 bits per heavy atom. The van der Waals surface area contributed by atoms with Crippen molar-refractivity contribution in [3.63, 3.8) is 0 Å². The number of hydrogen-bond donors (Lipinski definition) is 1. The first-order valence-corrected chi connectivity index (χ1v) is 8.93. The Bertz CT molecular complexity index is 1160. The molecule has 0 spiro atoms. The lowest BCUT2D eigenvalue weighted by atomic mass is 10.0. The average molecular weight is 417 g/mol. The van der Waals surface area contributed by atoms with Crippen LogP contribution in [0.5, 0.6) is 5.75 Å². The minimum Gasteiger partial charge on any atom is -0.741 e. The third-order valence-electron chi connectivity index (χ3n) is 3.87. The van der Waals surface area contributed by atoms with Gasteiger partial charge in [0, 0.05) is 12.1 Å². The quantitative estimate of drug-likeness (QED) is 0.297. The van der Waals surface area contributed by atoms with Gasteiger partial charge in [0.25, 0.3) is 0 Å². The summed E-state index contributed by atoms with van der Waals surface area (Å²) in [5.74, 6) is -0.282. The van der Waals surface area contributed by atoms with E-state index in [2.05, 4.69) is 0 Å². The van der Waals surface area contributed by atoms with E-state index in [1.807, 2.05) is 48.0 Å². The fourth-order valence-corrected chi connectivity index (χ4v) is 2.62. The molecule has 1 aromatic heterocycles. The number of ether oxygens (including phenoxy) is 1. The lowest BCUT2D eigenvalue weighted by molar-refractivity contribution is -0.617. The Morgan fingerprint density at radius 2 is 1.64 bits per heavy atom. The van der Waals surface area contributed by atoms with Gasteiger partial charge in [-0.05, 0) is 18.2 Å². The second-order valence-corrected chi connectivity index (χ2v) is 6.91. The number of carboxylic acid groups (broad SMARTS) is 1. The number of fused-ring (bicyclic) bond motifs is 2. The van der Waals surface area contributed by atoms with Crippen molar-refractivity contribution in [2.24, 2.45) is 7.05 Å². The number of rotatable bonds is 2. The summed E-state index contributed by atoms with van der Waals surface area (Å²) >= 11 is 0. The number of methoxy groups -OCH3 is 1. The highest BCUT2D eigenvalue weighted by Gasteiger charge is 2.36. The van der Waals surface area contributed by atoms with E-state index >= 15 is 0 Å². The van der Waals surface area contributed by atoms with Gasteiger partial charge in [-0.1, -0.05) is 12.1 Å². The van der Waals surface area contributed by atoms with E-state index in [0.29, 0.717) is 16.7 Å². The van der Waals surface area contributed by atoms with Crippen LogP contribution in [0.3, 0.4) is 0 Å². The first kappa shape index (κ1) is 21.4. The van der Waals surface area contributed by atoms with Gasteiger partial charge in [-0.3, -0.25) is 0 Å². The monoisotopic (exact) mass is 417 g/mol. The number of para-hydroxylation sites is 1. The molecule has 11 heteroatoms. The van der Waals surface area contributed by atoms with Crippen LogP contribution in [0.25, 0.3) is 21.8 Å². The fourth-order valence-electron chi connectivity index (χ4n) is 2.62. The van der Waals surface area contributed by atoms with E-state index in [0.717, 1.165) is 16.4 Å². The van der Waals surface area contributed by atoms with E-state index in [1.54, 1.807) is 13.2 Å². The summed E-state index contributed by atoms with van der Waals surface area (Å²) in [6, 6.07) is 13.0. The van der Waals surface area contributed by atoms with E-state index in [9.17, 15) is 23.1 Å². The van der Waals surface area contributed by atoms with Gasteiger partial charge in [-0.25, -0.2) is 13.2 Å². The molecule has 0 amide bonds. The summed E-state index contributed by atoms with van der Waals surface area (Å²) < 4.78 is 66.1. The third kappa shape index (κ3) is 4.15. The number of pyridine rings is 1. The summed E-state index contributed by atoms with van der Waals surface area (Å²) in [6.45, 7) is 0. The lowest BCUT2D eigenvalue weighted by Gasteiger charge is -2.08. The highest BCUT2D eigenvalue weighted by atomic mass is 32.2.